The Morgan fingerprint density at radius 1 is 1.14 bits per heavy atom. The molecule has 4 aromatic rings. The number of rotatable bonds is 5. The monoisotopic (exact) mass is 377 g/mol. The van der Waals surface area contributed by atoms with E-state index in [9.17, 15) is 14.8 Å². The van der Waals surface area contributed by atoms with Crippen LogP contribution in [0.3, 0.4) is 0 Å². The van der Waals surface area contributed by atoms with E-state index in [1.165, 1.54) is 18.0 Å². The van der Waals surface area contributed by atoms with E-state index in [-0.39, 0.29) is 23.5 Å². The number of aromatic nitrogens is 3. The number of hydrogen-bond donors (Lipinski definition) is 2. The topological polar surface area (TPSA) is 106 Å². The first kappa shape index (κ1) is 18.0. The van der Waals surface area contributed by atoms with Crippen LogP contribution in [0.5, 0.6) is 5.75 Å². The maximum atomic E-state index is 12.5. The van der Waals surface area contributed by atoms with E-state index in [1.54, 1.807) is 18.2 Å². The highest BCUT2D eigenvalue weighted by Crippen LogP contribution is 2.32. The summed E-state index contributed by atoms with van der Waals surface area (Å²) in [5.74, 6) is -0.415. The molecule has 0 amide bonds. The number of nitrogens with zero attached hydrogens (tertiary/aromatic N) is 3. The first-order valence-corrected chi connectivity index (χ1v) is 8.51. The van der Waals surface area contributed by atoms with E-state index in [4.69, 9.17) is 9.47 Å². The summed E-state index contributed by atoms with van der Waals surface area (Å²) in [6.07, 6.45) is 1.28. The van der Waals surface area contributed by atoms with Crippen molar-refractivity contribution in [2.24, 2.45) is 0 Å². The van der Waals surface area contributed by atoms with E-state index < -0.39 is 13.1 Å². The number of carbonyl (C=O) groups is 1. The first-order valence-electron chi connectivity index (χ1n) is 8.51. The molecule has 0 unspecified atom stereocenters. The van der Waals surface area contributed by atoms with E-state index in [1.807, 2.05) is 30.3 Å². The van der Waals surface area contributed by atoms with E-state index >= 15 is 0 Å². The molecule has 2 aromatic carbocycles. The molecule has 28 heavy (non-hydrogen) atoms. The van der Waals surface area contributed by atoms with Crippen molar-refractivity contribution in [3.63, 3.8) is 0 Å². The van der Waals surface area contributed by atoms with Gasteiger partial charge < -0.3 is 19.5 Å². The summed E-state index contributed by atoms with van der Waals surface area (Å²) in [4.78, 5) is 16.7. The minimum absolute atomic E-state index is 0.0722. The van der Waals surface area contributed by atoms with Gasteiger partial charge in [-0.15, -0.1) is 0 Å². The lowest BCUT2D eigenvalue weighted by Gasteiger charge is -2.16. The second-order valence-electron chi connectivity index (χ2n) is 6.08. The minimum Gasteiger partial charge on any atom is -0.486 e. The standard InChI is InChI=1S/C19H16BN3O5/c1-27-19(24)16-17(28-10-12-6-3-2-4-7-12)13-8-5-9-14(20(25)26)15(13)18-21-11-22-23(16)18/h2-9,11,25-26H,10H2,1H3. The fourth-order valence-electron chi connectivity index (χ4n) is 3.18. The molecule has 2 heterocycles. The maximum absolute atomic E-state index is 12.5. The third-order valence-electron chi connectivity index (χ3n) is 4.42. The van der Waals surface area contributed by atoms with Crippen LogP contribution in [0.15, 0.2) is 54.9 Å². The van der Waals surface area contributed by atoms with Gasteiger partial charge in [0.2, 0.25) is 0 Å². The van der Waals surface area contributed by atoms with Gasteiger partial charge in [-0.2, -0.15) is 5.10 Å². The van der Waals surface area contributed by atoms with E-state index in [2.05, 4.69) is 10.1 Å². The molecular formula is C19H16BN3O5. The zero-order valence-corrected chi connectivity index (χ0v) is 14.9. The second kappa shape index (κ2) is 7.30. The van der Waals surface area contributed by atoms with Crippen LogP contribution in [0.25, 0.3) is 16.4 Å². The van der Waals surface area contributed by atoms with Gasteiger partial charge in [0, 0.05) is 10.8 Å². The predicted octanol–water partition coefficient (Wildman–Crippen LogP) is 0.928. The molecule has 2 N–H and O–H groups in total. The zero-order chi connectivity index (χ0) is 19.7. The van der Waals surface area contributed by atoms with E-state index in [0.29, 0.717) is 16.4 Å². The van der Waals surface area contributed by atoms with Crippen LogP contribution in [-0.4, -0.2) is 44.8 Å². The van der Waals surface area contributed by atoms with Gasteiger partial charge in [0.15, 0.2) is 17.1 Å². The fourth-order valence-corrected chi connectivity index (χ4v) is 3.18. The molecule has 0 atom stereocenters. The quantitative estimate of drug-likeness (QED) is 0.394. The van der Waals surface area contributed by atoms with Crippen molar-refractivity contribution in [3.05, 3.63) is 66.1 Å². The average molecular weight is 377 g/mol. The number of fused-ring (bicyclic) bond motifs is 3. The number of ether oxygens (including phenoxy) is 2. The third-order valence-corrected chi connectivity index (χ3v) is 4.42. The normalized spacial score (nSPS) is 11.0. The van der Waals surface area contributed by atoms with Crippen LogP contribution in [0.4, 0.5) is 0 Å². The number of hydrogen-bond acceptors (Lipinski definition) is 7. The van der Waals surface area contributed by atoms with Gasteiger partial charge in [0.05, 0.1) is 7.11 Å². The molecule has 0 aliphatic rings. The van der Waals surface area contributed by atoms with Crippen molar-refractivity contribution in [3.8, 4) is 5.75 Å². The Morgan fingerprint density at radius 3 is 2.64 bits per heavy atom. The van der Waals surface area contributed by atoms with Crippen molar-refractivity contribution in [1.82, 2.24) is 14.6 Å². The molecule has 0 bridgehead atoms. The van der Waals surface area contributed by atoms with Gasteiger partial charge in [-0.05, 0) is 11.0 Å². The molecule has 9 heteroatoms. The first-order chi connectivity index (χ1) is 13.6. The second-order valence-corrected chi connectivity index (χ2v) is 6.08. The Hall–Kier alpha value is -3.43. The number of esters is 1. The molecule has 0 fully saturated rings. The molecule has 0 saturated carbocycles. The molecule has 140 valence electrons. The Bertz CT molecular complexity index is 1160. The lowest BCUT2D eigenvalue weighted by molar-refractivity contribution is 0.0585. The van der Waals surface area contributed by atoms with Crippen LogP contribution in [0.2, 0.25) is 0 Å². The summed E-state index contributed by atoms with van der Waals surface area (Å²) in [6, 6.07) is 14.4. The van der Waals surface area contributed by atoms with Crippen molar-refractivity contribution in [1.29, 1.82) is 0 Å². The van der Waals surface area contributed by atoms with Crippen LogP contribution < -0.4 is 10.2 Å². The largest absolute Gasteiger partial charge is 0.489 e. The van der Waals surface area contributed by atoms with Gasteiger partial charge in [0.25, 0.3) is 0 Å². The molecule has 4 rings (SSSR count). The van der Waals surface area contributed by atoms with Crippen LogP contribution in [0.1, 0.15) is 16.1 Å². The Balaban J connectivity index is 2.01. The molecule has 0 spiro atoms. The van der Waals surface area contributed by atoms with Gasteiger partial charge in [-0.1, -0.05) is 48.5 Å². The highest BCUT2D eigenvalue weighted by molar-refractivity contribution is 6.62. The summed E-state index contributed by atoms with van der Waals surface area (Å²) in [7, 11) is -0.459. The molecular weight excluding hydrogens is 361 g/mol. The highest BCUT2D eigenvalue weighted by Gasteiger charge is 2.27. The van der Waals surface area contributed by atoms with Gasteiger partial charge in [-0.25, -0.2) is 14.3 Å². The Labute approximate surface area is 160 Å². The molecule has 2 aromatic heterocycles. The summed E-state index contributed by atoms with van der Waals surface area (Å²) in [5, 5.41) is 24.7. The lowest BCUT2D eigenvalue weighted by Crippen LogP contribution is -2.31. The highest BCUT2D eigenvalue weighted by atomic mass is 16.5. The summed E-state index contributed by atoms with van der Waals surface area (Å²) < 4.78 is 12.2. The fraction of sp³-hybridized carbons (Fsp3) is 0.105. The van der Waals surface area contributed by atoms with Gasteiger partial charge in [0.1, 0.15) is 12.9 Å². The average Bonchev–Trinajstić information content (AvgIpc) is 3.20. The summed E-state index contributed by atoms with van der Waals surface area (Å²) in [6.45, 7) is 0.200. The number of benzene rings is 2. The van der Waals surface area contributed by atoms with Gasteiger partial charge >= 0.3 is 13.1 Å². The van der Waals surface area contributed by atoms with Crippen molar-refractivity contribution in [2.45, 2.75) is 6.61 Å². The van der Waals surface area contributed by atoms with Crippen molar-refractivity contribution < 1.29 is 24.3 Å². The molecule has 0 aliphatic carbocycles. The Kier molecular flexibility index (Phi) is 4.68. The van der Waals surface area contributed by atoms with Crippen molar-refractivity contribution >= 4 is 35.0 Å². The summed E-state index contributed by atoms with van der Waals surface area (Å²) in [5.41, 5.74) is 1.51. The van der Waals surface area contributed by atoms with E-state index in [0.717, 1.165) is 5.56 Å². The van der Waals surface area contributed by atoms with Crippen LogP contribution in [-0.2, 0) is 11.3 Å². The number of carbonyl (C=O) groups excluding carboxylic acids is 1. The summed E-state index contributed by atoms with van der Waals surface area (Å²) >= 11 is 0. The zero-order valence-electron chi connectivity index (χ0n) is 14.9. The van der Waals surface area contributed by atoms with Crippen molar-refractivity contribution in [2.75, 3.05) is 7.11 Å². The Morgan fingerprint density at radius 2 is 1.93 bits per heavy atom. The van der Waals surface area contributed by atoms with Crippen LogP contribution in [0, 0.1) is 0 Å². The SMILES string of the molecule is COC(=O)c1c(OCc2ccccc2)c2cccc(B(O)O)c2c2ncnn12. The minimum atomic E-state index is -1.73. The molecule has 0 aliphatic heterocycles. The maximum Gasteiger partial charge on any atom is 0.489 e. The van der Waals surface area contributed by atoms with Crippen LogP contribution >= 0.6 is 0 Å². The lowest BCUT2D eigenvalue weighted by atomic mass is 9.77. The number of pyridine rings is 1. The molecule has 0 saturated heterocycles. The third kappa shape index (κ3) is 2.96. The predicted molar refractivity (Wildman–Crippen MR) is 102 cm³/mol. The van der Waals surface area contributed by atoms with Gasteiger partial charge in [-0.3, -0.25) is 0 Å². The number of methoxy groups -OCH3 is 1. The molecule has 8 nitrogen and oxygen atoms in total. The smallest absolute Gasteiger partial charge is 0.486 e. The molecule has 0 radical (unpaired) electrons.